The molecule has 32 heavy (non-hydrogen) atoms. The summed E-state index contributed by atoms with van der Waals surface area (Å²) in [5.74, 6) is 1.11. The van der Waals surface area contributed by atoms with Crippen LogP contribution in [0.25, 0.3) is 6.08 Å². The molecule has 0 bridgehead atoms. The summed E-state index contributed by atoms with van der Waals surface area (Å²) < 4.78 is 11.3. The lowest BCUT2D eigenvalue weighted by Gasteiger charge is -2.13. The van der Waals surface area contributed by atoms with Gasteiger partial charge in [0.25, 0.3) is 11.1 Å². The summed E-state index contributed by atoms with van der Waals surface area (Å²) in [7, 11) is 0. The lowest BCUT2D eigenvalue weighted by atomic mass is 10.1. The van der Waals surface area contributed by atoms with Gasteiger partial charge in [-0.2, -0.15) is 0 Å². The Morgan fingerprint density at radius 3 is 2.12 bits per heavy atom. The number of aryl methyl sites for hydroxylation is 1. The highest BCUT2D eigenvalue weighted by Crippen LogP contribution is 2.36. The summed E-state index contributed by atoms with van der Waals surface area (Å²) in [4.78, 5) is 26.9. The molecule has 0 spiro atoms. The van der Waals surface area contributed by atoms with Crippen LogP contribution in [0.1, 0.15) is 23.6 Å². The van der Waals surface area contributed by atoms with Crippen molar-refractivity contribution in [1.29, 1.82) is 0 Å². The minimum Gasteiger partial charge on any atom is -0.494 e. The van der Waals surface area contributed by atoms with E-state index in [-0.39, 0.29) is 11.1 Å². The first-order valence-corrected chi connectivity index (χ1v) is 11.1. The van der Waals surface area contributed by atoms with Gasteiger partial charge in [0, 0.05) is 0 Å². The van der Waals surface area contributed by atoms with Crippen molar-refractivity contribution in [2.75, 3.05) is 11.5 Å². The lowest BCUT2D eigenvalue weighted by Crippen LogP contribution is -2.27. The van der Waals surface area contributed by atoms with Gasteiger partial charge in [0.1, 0.15) is 18.1 Å². The first kappa shape index (κ1) is 21.7. The molecule has 0 unspecified atom stereocenters. The average Bonchev–Trinajstić information content (AvgIpc) is 3.08. The minimum absolute atomic E-state index is 0.316. The standard InChI is InChI=1S/C26H23NO4S/c1-3-30-22-14-10-21(11-15-22)27-25(28)24(32-26(27)29)16-19-8-12-23(13-9-19)31-17-20-6-4-18(2)5-7-20/h4-16H,3,17H2,1-2H3/b24-16-. The number of carbonyl (C=O) groups is 2. The highest BCUT2D eigenvalue weighted by Gasteiger charge is 2.36. The van der Waals surface area contributed by atoms with Crippen LogP contribution in [0.15, 0.2) is 77.7 Å². The van der Waals surface area contributed by atoms with E-state index in [0.717, 1.165) is 28.6 Å². The van der Waals surface area contributed by atoms with Crippen LogP contribution in [0.4, 0.5) is 10.5 Å². The zero-order valence-electron chi connectivity index (χ0n) is 17.9. The number of benzene rings is 3. The van der Waals surface area contributed by atoms with Crippen molar-refractivity contribution in [3.05, 3.63) is 94.4 Å². The molecule has 1 saturated heterocycles. The third-order valence-corrected chi connectivity index (χ3v) is 5.77. The van der Waals surface area contributed by atoms with E-state index in [9.17, 15) is 9.59 Å². The van der Waals surface area contributed by atoms with Crippen molar-refractivity contribution >= 4 is 34.7 Å². The number of anilines is 1. The third-order valence-electron chi connectivity index (χ3n) is 4.90. The summed E-state index contributed by atoms with van der Waals surface area (Å²) in [6.45, 7) is 4.99. The first-order chi connectivity index (χ1) is 15.5. The number of ether oxygens (including phenoxy) is 2. The smallest absolute Gasteiger partial charge is 0.298 e. The predicted molar refractivity (Wildman–Crippen MR) is 128 cm³/mol. The second kappa shape index (κ2) is 9.75. The van der Waals surface area contributed by atoms with E-state index >= 15 is 0 Å². The molecule has 3 aromatic carbocycles. The fraction of sp³-hybridized carbons (Fsp3) is 0.154. The van der Waals surface area contributed by atoms with Gasteiger partial charge in [-0.25, -0.2) is 4.90 Å². The molecular formula is C26H23NO4S. The van der Waals surface area contributed by atoms with E-state index in [1.54, 1.807) is 30.3 Å². The van der Waals surface area contributed by atoms with Gasteiger partial charge in [-0.3, -0.25) is 9.59 Å². The van der Waals surface area contributed by atoms with E-state index in [1.807, 2.05) is 43.3 Å². The number of hydrogen-bond donors (Lipinski definition) is 0. The highest BCUT2D eigenvalue weighted by molar-refractivity contribution is 8.19. The van der Waals surface area contributed by atoms with E-state index < -0.39 is 0 Å². The van der Waals surface area contributed by atoms with Crippen molar-refractivity contribution in [3.63, 3.8) is 0 Å². The molecule has 1 fully saturated rings. The minimum atomic E-state index is -0.330. The molecule has 2 amide bonds. The SMILES string of the molecule is CCOc1ccc(N2C(=O)S/C(=C\c3ccc(OCc4ccc(C)cc4)cc3)C2=O)cc1. The van der Waals surface area contributed by atoms with Crippen molar-refractivity contribution in [2.45, 2.75) is 20.5 Å². The van der Waals surface area contributed by atoms with Gasteiger partial charge in [0.15, 0.2) is 0 Å². The van der Waals surface area contributed by atoms with Gasteiger partial charge in [0.05, 0.1) is 17.2 Å². The van der Waals surface area contributed by atoms with Crippen LogP contribution in [0.5, 0.6) is 11.5 Å². The molecule has 4 rings (SSSR count). The molecule has 0 atom stereocenters. The summed E-state index contributed by atoms with van der Waals surface area (Å²) in [6, 6.07) is 22.6. The maximum absolute atomic E-state index is 12.8. The molecule has 1 aliphatic heterocycles. The summed E-state index contributed by atoms with van der Waals surface area (Å²) in [5, 5.41) is -0.316. The van der Waals surface area contributed by atoms with Gasteiger partial charge < -0.3 is 9.47 Å². The Bertz CT molecular complexity index is 1140. The van der Waals surface area contributed by atoms with Gasteiger partial charge in [-0.05, 0) is 79.2 Å². The average molecular weight is 446 g/mol. The maximum atomic E-state index is 12.8. The molecule has 0 aliphatic carbocycles. The summed E-state index contributed by atoms with van der Waals surface area (Å²) >= 11 is 0.935. The topological polar surface area (TPSA) is 55.8 Å². The van der Waals surface area contributed by atoms with Crippen LogP contribution >= 0.6 is 11.8 Å². The highest BCUT2D eigenvalue weighted by atomic mass is 32.2. The molecule has 5 nitrogen and oxygen atoms in total. The fourth-order valence-corrected chi connectivity index (χ4v) is 4.05. The fourth-order valence-electron chi connectivity index (χ4n) is 3.21. The van der Waals surface area contributed by atoms with Crippen molar-refractivity contribution in [1.82, 2.24) is 0 Å². The van der Waals surface area contributed by atoms with Crippen LogP contribution < -0.4 is 14.4 Å². The van der Waals surface area contributed by atoms with Gasteiger partial charge in [-0.15, -0.1) is 0 Å². The van der Waals surface area contributed by atoms with Crippen molar-refractivity contribution in [2.24, 2.45) is 0 Å². The molecule has 6 heteroatoms. The molecular weight excluding hydrogens is 422 g/mol. The Morgan fingerprint density at radius 1 is 0.844 bits per heavy atom. The Labute approximate surface area is 191 Å². The van der Waals surface area contributed by atoms with Crippen LogP contribution in [-0.4, -0.2) is 17.8 Å². The lowest BCUT2D eigenvalue weighted by molar-refractivity contribution is -0.113. The number of carbonyl (C=O) groups excluding carboxylic acids is 2. The van der Waals surface area contributed by atoms with Crippen LogP contribution in [-0.2, 0) is 11.4 Å². The van der Waals surface area contributed by atoms with Gasteiger partial charge in [0.2, 0.25) is 0 Å². The van der Waals surface area contributed by atoms with E-state index in [2.05, 4.69) is 19.1 Å². The summed E-state index contributed by atoms with van der Waals surface area (Å²) in [5.41, 5.74) is 3.66. The number of thioether (sulfide) groups is 1. The molecule has 0 radical (unpaired) electrons. The Kier molecular flexibility index (Phi) is 6.61. The monoisotopic (exact) mass is 445 g/mol. The Balaban J connectivity index is 1.42. The molecule has 3 aromatic rings. The third kappa shape index (κ3) is 5.03. The van der Waals surface area contributed by atoms with Crippen molar-refractivity contribution in [3.8, 4) is 11.5 Å². The van der Waals surface area contributed by atoms with Crippen molar-refractivity contribution < 1.29 is 19.1 Å². The van der Waals surface area contributed by atoms with Crippen LogP contribution in [0.2, 0.25) is 0 Å². The second-order valence-corrected chi connectivity index (χ2v) is 8.28. The quantitative estimate of drug-likeness (QED) is 0.405. The molecule has 1 aliphatic rings. The van der Waals surface area contributed by atoms with E-state index in [0.29, 0.717) is 29.6 Å². The number of imide groups is 1. The normalized spacial score (nSPS) is 14.8. The second-order valence-electron chi connectivity index (χ2n) is 7.29. The maximum Gasteiger partial charge on any atom is 0.298 e. The molecule has 0 N–H and O–H groups in total. The number of amides is 2. The van der Waals surface area contributed by atoms with Crippen LogP contribution in [0.3, 0.4) is 0 Å². The molecule has 1 heterocycles. The first-order valence-electron chi connectivity index (χ1n) is 10.3. The molecule has 162 valence electrons. The number of hydrogen-bond acceptors (Lipinski definition) is 5. The van der Waals surface area contributed by atoms with E-state index in [4.69, 9.17) is 9.47 Å². The summed E-state index contributed by atoms with van der Waals surface area (Å²) in [6.07, 6.45) is 1.73. The van der Waals surface area contributed by atoms with E-state index in [1.165, 1.54) is 10.5 Å². The van der Waals surface area contributed by atoms with Gasteiger partial charge in [-0.1, -0.05) is 42.0 Å². The van der Waals surface area contributed by atoms with Gasteiger partial charge >= 0.3 is 0 Å². The number of rotatable bonds is 7. The largest absolute Gasteiger partial charge is 0.494 e. The Morgan fingerprint density at radius 2 is 1.47 bits per heavy atom. The molecule has 0 aromatic heterocycles. The molecule has 0 saturated carbocycles. The zero-order chi connectivity index (χ0) is 22.5. The Hall–Kier alpha value is -3.51. The van der Waals surface area contributed by atoms with Crippen LogP contribution in [0, 0.1) is 6.92 Å². The predicted octanol–water partition coefficient (Wildman–Crippen LogP) is 6.21. The zero-order valence-corrected chi connectivity index (χ0v) is 18.7. The number of nitrogens with zero attached hydrogens (tertiary/aromatic N) is 1.